The van der Waals surface area contributed by atoms with E-state index in [9.17, 15) is 4.79 Å². The maximum absolute atomic E-state index is 12.3. The number of nitrogens with zero attached hydrogens (tertiary/aromatic N) is 5. The molecule has 8 nitrogen and oxygen atoms in total. The Balaban J connectivity index is 1.34. The largest absolute Gasteiger partial charge is 0.376 e. The fourth-order valence-corrected chi connectivity index (χ4v) is 3.61. The van der Waals surface area contributed by atoms with E-state index in [1.807, 2.05) is 28.5 Å². The van der Waals surface area contributed by atoms with Crippen molar-refractivity contribution in [3.63, 3.8) is 0 Å². The predicted molar refractivity (Wildman–Crippen MR) is 91.4 cm³/mol. The summed E-state index contributed by atoms with van der Waals surface area (Å²) < 4.78 is 7.39. The minimum absolute atomic E-state index is 0.00835. The quantitative estimate of drug-likeness (QED) is 0.912. The number of carbonyl (C=O) groups excluding carboxylic acids is 1. The predicted octanol–water partition coefficient (Wildman–Crippen LogP) is 1.50. The summed E-state index contributed by atoms with van der Waals surface area (Å²) in [7, 11) is 0. The van der Waals surface area contributed by atoms with Gasteiger partial charge in [-0.15, -0.1) is 10.2 Å². The van der Waals surface area contributed by atoms with Crippen molar-refractivity contribution in [1.29, 1.82) is 0 Å². The van der Waals surface area contributed by atoms with E-state index >= 15 is 0 Å². The van der Waals surface area contributed by atoms with Crippen LogP contribution in [0.25, 0.3) is 5.65 Å². The van der Waals surface area contributed by atoms with Gasteiger partial charge in [0.25, 0.3) is 0 Å². The van der Waals surface area contributed by atoms with Crippen LogP contribution in [0.2, 0.25) is 0 Å². The highest BCUT2D eigenvalue weighted by molar-refractivity contribution is 5.74. The SMILES string of the molecule is Cc1ccc2nnc(C3CCN(C(=O)NCC4CCCO4)CC3)n2n1. The second kappa shape index (κ2) is 6.95. The van der Waals surface area contributed by atoms with E-state index in [0.717, 1.165) is 62.5 Å². The molecule has 4 heterocycles. The van der Waals surface area contributed by atoms with Gasteiger partial charge in [0.2, 0.25) is 0 Å². The maximum atomic E-state index is 12.3. The zero-order valence-corrected chi connectivity index (χ0v) is 14.5. The number of ether oxygens (including phenoxy) is 1. The smallest absolute Gasteiger partial charge is 0.317 e. The molecule has 8 heteroatoms. The number of hydrogen-bond acceptors (Lipinski definition) is 5. The molecule has 1 N–H and O–H groups in total. The van der Waals surface area contributed by atoms with Crippen LogP contribution in [0.3, 0.4) is 0 Å². The maximum Gasteiger partial charge on any atom is 0.317 e. The van der Waals surface area contributed by atoms with Crippen molar-refractivity contribution in [1.82, 2.24) is 30.0 Å². The third-order valence-corrected chi connectivity index (χ3v) is 5.07. The average Bonchev–Trinajstić information content (AvgIpc) is 3.29. The van der Waals surface area contributed by atoms with Gasteiger partial charge in [0, 0.05) is 32.2 Å². The van der Waals surface area contributed by atoms with Crippen LogP contribution in [0.4, 0.5) is 4.79 Å². The van der Waals surface area contributed by atoms with Crippen molar-refractivity contribution >= 4 is 11.7 Å². The minimum atomic E-state index is 0.00835. The van der Waals surface area contributed by atoms with Gasteiger partial charge in [-0.3, -0.25) is 0 Å². The Morgan fingerprint density at radius 1 is 1.28 bits per heavy atom. The number of hydrogen-bond donors (Lipinski definition) is 1. The van der Waals surface area contributed by atoms with Gasteiger partial charge in [0.05, 0.1) is 11.8 Å². The number of piperidine rings is 1. The van der Waals surface area contributed by atoms with Crippen LogP contribution in [0.1, 0.15) is 43.1 Å². The second-order valence-electron chi connectivity index (χ2n) is 6.89. The van der Waals surface area contributed by atoms with Crippen LogP contribution >= 0.6 is 0 Å². The van der Waals surface area contributed by atoms with Crippen molar-refractivity contribution in [2.24, 2.45) is 0 Å². The monoisotopic (exact) mass is 344 g/mol. The number of urea groups is 1. The first-order chi connectivity index (χ1) is 12.2. The summed E-state index contributed by atoms with van der Waals surface area (Å²) in [5, 5.41) is 16.1. The van der Waals surface area contributed by atoms with Gasteiger partial charge in [-0.25, -0.2) is 4.79 Å². The zero-order chi connectivity index (χ0) is 17.2. The topological polar surface area (TPSA) is 84.7 Å². The number of amides is 2. The van der Waals surface area contributed by atoms with Gasteiger partial charge in [-0.2, -0.15) is 9.61 Å². The van der Waals surface area contributed by atoms with Crippen LogP contribution in [0.5, 0.6) is 0 Å². The Morgan fingerprint density at radius 3 is 2.88 bits per heavy atom. The van der Waals surface area contributed by atoms with Crippen LogP contribution in [0, 0.1) is 6.92 Å². The fraction of sp³-hybridized carbons (Fsp3) is 0.647. The van der Waals surface area contributed by atoms with Crippen molar-refractivity contribution in [3.8, 4) is 0 Å². The van der Waals surface area contributed by atoms with Crippen molar-refractivity contribution in [2.45, 2.75) is 44.6 Å². The van der Waals surface area contributed by atoms with Crippen LogP contribution in [-0.2, 0) is 4.74 Å². The number of aryl methyl sites for hydroxylation is 1. The van der Waals surface area contributed by atoms with Gasteiger partial charge in [0.15, 0.2) is 11.5 Å². The minimum Gasteiger partial charge on any atom is -0.376 e. The molecule has 2 aromatic heterocycles. The first-order valence-electron chi connectivity index (χ1n) is 9.04. The molecule has 0 bridgehead atoms. The Labute approximate surface area is 146 Å². The normalized spacial score (nSPS) is 21.8. The van der Waals surface area contributed by atoms with Gasteiger partial charge in [0.1, 0.15) is 0 Å². The summed E-state index contributed by atoms with van der Waals surface area (Å²) in [6.07, 6.45) is 4.06. The molecule has 2 amide bonds. The molecule has 0 radical (unpaired) electrons. The molecule has 2 saturated heterocycles. The van der Waals surface area contributed by atoms with E-state index in [4.69, 9.17) is 4.74 Å². The Hall–Kier alpha value is -2.22. The van der Waals surface area contributed by atoms with Gasteiger partial charge < -0.3 is 15.0 Å². The molecule has 2 fully saturated rings. The summed E-state index contributed by atoms with van der Waals surface area (Å²) in [5.74, 6) is 1.18. The zero-order valence-electron chi connectivity index (χ0n) is 14.5. The molecule has 2 aliphatic rings. The molecule has 2 aromatic rings. The van der Waals surface area contributed by atoms with E-state index in [1.54, 1.807) is 0 Å². The molecule has 134 valence electrons. The molecular formula is C17H24N6O2. The first kappa shape index (κ1) is 16.3. The lowest BCUT2D eigenvalue weighted by molar-refractivity contribution is 0.108. The molecule has 1 atom stereocenters. The van der Waals surface area contributed by atoms with Crippen LogP contribution < -0.4 is 5.32 Å². The van der Waals surface area contributed by atoms with E-state index in [0.29, 0.717) is 6.54 Å². The third kappa shape index (κ3) is 3.44. The molecule has 0 saturated carbocycles. The van der Waals surface area contributed by atoms with E-state index in [-0.39, 0.29) is 18.1 Å². The van der Waals surface area contributed by atoms with Gasteiger partial charge >= 0.3 is 6.03 Å². The van der Waals surface area contributed by atoms with Crippen LogP contribution in [0.15, 0.2) is 12.1 Å². The molecule has 0 aliphatic carbocycles. The summed E-state index contributed by atoms with van der Waals surface area (Å²) in [4.78, 5) is 14.2. The molecule has 0 aromatic carbocycles. The molecular weight excluding hydrogens is 320 g/mol. The Morgan fingerprint density at radius 2 is 2.12 bits per heavy atom. The highest BCUT2D eigenvalue weighted by atomic mass is 16.5. The van der Waals surface area contributed by atoms with Gasteiger partial charge in [-0.1, -0.05) is 0 Å². The number of fused-ring (bicyclic) bond motifs is 1. The first-order valence-corrected chi connectivity index (χ1v) is 9.04. The molecule has 4 rings (SSSR count). The molecule has 1 unspecified atom stereocenters. The van der Waals surface area contributed by atoms with Crippen molar-refractivity contribution < 1.29 is 9.53 Å². The summed E-state index contributed by atoms with van der Waals surface area (Å²) in [5.41, 5.74) is 1.72. The molecule has 0 spiro atoms. The number of rotatable bonds is 3. The number of likely N-dealkylation sites (tertiary alicyclic amines) is 1. The van der Waals surface area contributed by atoms with Crippen molar-refractivity contribution in [3.05, 3.63) is 23.7 Å². The number of aromatic nitrogens is 4. The molecule has 2 aliphatic heterocycles. The summed E-state index contributed by atoms with van der Waals surface area (Å²) >= 11 is 0. The average molecular weight is 344 g/mol. The van der Waals surface area contributed by atoms with Crippen molar-refractivity contribution in [2.75, 3.05) is 26.2 Å². The highest BCUT2D eigenvalue weighted by Gasteiger charge is 2.27. The van der Waals surface area contributed by atoms with E-state index < -0.39 is 0 Å². The second-order valence-corrected chi connectivity index (χ2v) is 6.89. The van der Waals surface area contributed by atoms with E-state index in [2.05, 4.69) is 20.6 Å². The number of nitrogens with one attached hydrogen (secondary N) is 1. The Bertz CT molecular complexity index is 747. The van der Waals surface area contributed by atoms with Gasteiger partial charge in [-0.05, 0) is 44.7 Å². The Kier molecular flexibility index (Phi) is 4.52. The fourth-order valence-electron chi connectivity index (χ4n) is 3.61. The lowest BCUT2D eigenvalue weighted by Gasteiger charge is -2.31. The summed E-state index contributed by atoms with van der Waals surface area (Å²) in [6, 6.07) is 3.88. The third-order valence-electron chi connectivity index (χ3n) is 5.07. The highest BCUT2D eigenvalue weighted by Crippen LogP contribution is 2.26. The summed E-state index contributed by atoms with van der Waals surface area (Å²) in [6.45, 7) is 4.83. The number of carbonyl (C=O) groups is 1. The molecule has 25 heavy (non-hydrogen) atoms. The standard InChI is InChI=1S/C17H24N6O2/c1-12-4-5-15-19-20-16(23(15)21-12)13-6-8-22(9-7-13)17(24)18-11-14-3-2-10-25-14/h4-5,13-14H,2-3,6-11H2,1H3,(H,18,24). The van der Waals surface area contributed by atoms with Crippen LogP contribution in [-0.4, -0.2) is 63.1 Å². The van der Waals surface area contributed by atoms with E-state index in [1.165, 1.54) is 0 Å². The lowest BCUT2D eigenvalue weighted by Crippen LogP contribution is -2.46. The lowest BCUT2D eigenvalue weighted by atomic mass is 9.96.